The zero-order valence-electron chi connectivity index (χ0n) is 10.0. The molecule has 2 heterocycles. The molecule has 0 aromatic carbocycles. The topological polar surface area (TPSA) is 34.1 Å². The van der Waals surface area contributed by atoms with Gasteiger partial charge in [0.1, 0.15) is 6.61 Å². The largest absolute Gasteiger partial charge is 0.473 e. The molecule has 0 aliphatic carbocycles. The molecule has 1 aliphatic heterocycles. The normalized spacial score (nSPS) is 19.3. The number of aromatic nitrogens is 1. The Morgan fingerprint density at radius 2 is 2.53 bits per heavy atom. The average molecular weight is 344 g/mol. The second-order valence-corrected chi connectivity index (χ2v) is 5.43. The van der Waals surface area contributed by atoms with E-state index in [1.165, 1.54) is 11.3 Å². The van der Waals surface area contributed by atoms with Gasteiger partial charge >= 0.3 is 0 Å². The molecule has 0 saturated carbocycles. The number of fused-ring (bicyclic) bond motifs is 1. The highest BCUT2D eigenvalue weighted by molar-refractivity contribution is 14.1. The summed E-state index contributed by atoms with van der Waals surface area (Å²) in [5.74, 6) is 1.25. The zero-order chi connectivity index (χ0) is 12.3. The summed E-state index contributed by atoms with van der Waals surface area (Å²) >= 11 is 2.29. The smallest absolute Gasteiger partial charge is 0.227 e. The molecule has 1 atom stereocenters. The van der Waals surface area contributed by atoms with Crippen LogP contribution in [0.2, 0.25) is 0 Å². The highest BCUT2D eigenvalue weighted by atomic mass is 127. The molecule has 3 nitrogen and oxygen atoms in total. The van der Waals surface area contributed by atoms with Crippen molar-refractivity contribution in [2.24, 2.45) is 0 Å². The molecule has 1 N–H and O–H groups in total. The summed E-state index contributed by atoms with van der Waals surface area (Å²) in [4.78, 5) is 4.64. The Labute approximate surface area is 116 Å². The van der Waals surface area contributed by atoms with E-state index in [1.807, 2.05) is 0 Å². The molecule has 0 spiro atoms. The predicted octanol–water partition coefficient (Wildman–Crippen LogP) is 2.50. The van der Waals surface area contributed by atoms with Crippen molar-refractivity contribution in [3.63, 3.8) is 0 Å². The van der Waals surface area contributed by atoms with Gasteiger partial charge in [-0.15, -0.1) is 0 Å². The number of ether oxygens (including phenoxy) is 1. The summed E-state index contributed by atoms with van der Waals surface area (Å²) in [6.45, 7) is 8.42. The van der Waals surface area contributed by atoms with Crippen molar-refractivity contribution < 1.29 is 4.74 Å². The number of nitrogens with one attached hydrogen (secondary N) is 1. The van der Waals surface area contributed by atoms with Crippen LogP contribution in [0.25, 0.3) is 0 Å². The van der Waals surface area contributed by atoms with Crippen LogP contribution < -0.4 is 10.1 Å². The summed E-state index contributed by atoms with van der Waals surface area (Å²) in [5, 5.41) is 3.43. The van der Waals surface area contributed by atoms with Gasteiger partial charge in [0.2, 0.25) is 5.88 Å². The van der Waals surface area contributed by atoms with Crippen molar-refractivity contribution in [1.82, 2.24) is 10.3 Å². The average Bonchev–Trinajstić information content (AvgIpc) is 2.49. The minimum absolute atomic E-state index is 0.510. The van der Waals surface area contributed by atoms with Gasteiger partial charge in [0.05, 0.1) is 3.57 Å². The van der Waals surface area contributed by atoms with Crippen LogP contribution in [0, 0.1) is 3.57 Å². The standard InChI is InChI=1S/C13H17IN2O/c1-3-6-17-13-11(14)7-10-9(2)8-15-5-4-12(10)16-13/h3,7,9,15H,1,4-6,8H2,2H3. The summed E-state index contributed by atoms with van der Waals surface area (Å²) < 4.78 is 6.65. The fraction of sp³-hybridized carbons (Fsp3) is 0.462. The maximum atomic E-state index is 5.57. The molecule has 0 bridgehead atoms. The first-order valence-electron chi connectivity index (χ1n) is 5.86. The summed E-state index contributed by atoms with van der Waals surface area (Å²) in [6.07, 6.45) is 2.72. The maximum Gasteiger partial charge on any atom is 0.227 e. The van der Waals surface area contributed by atoms with Gasteiger partial charge in [-0.3, -0.25) is 0 Å². The fourth-order valence-electron chi connectivity index (χ4n) is 2.02. The van der Waals surface area contributed by atoms with Crippen molar-refractivity contribution in [3.05, 3.63) is 33.5 Å². The molecule has 92 valence electrons. The third kappa shape index (κ3) is 2.98. The van der Waals surface area contributed by atoms with E-state index in [0.717, 1.165) is 29.0 Å². The first-order valence-corrected chi connectivity index (χ1v) is 6.94. The lowest BCUT2D eigenvalue weighted by Crippen LogP contribution is -2.18. The van der Waals surface area contributed by atoms with Crippen molar-refractivity contribution in [2.75, 3.05) is 19.7 Å². The molecule has 0 fully saturated rings. The number of nitrogens with zero attached hydrogens (tertiary/aromatic N) is 1. The van der Waals surface area contributed by atoms with E-state index in [-0.39, 0.29) is 0 Å². The van der Waals surface area contributed by atoms with Crippen LogP contribution >= 0.6 is 22.6 Å². The molecule has 1 aromatic rings. The number of pyridine rings is 1. The molecular formula is C13H17IN2O. The molecule has 0 amide bonds. The van der Waals surface area contributed by atoms with Gasteiger partial charge in [0.15, 0.2) is 0 Å². The molecule has 0 saturated heterocycles. The van der Waals surface area contributed by atoms with E-state index < -0.39 is 0 Å². The highest BCUT2D eigenvalue weighted by Crippen LogP contribution is 2.28. The zero-order valence-corrected chi connectivity index (χ0v) is 12.2. The van der Waals surface area contributed by atoms with Gasteiger partial charge in [0.25, 0.3) is 0 Å². The van der Waals surface area contributed by atoms with E-state index >= 15 is 0 Å². The SMILES string of the molecule is C=CCOc1nc2c(cc1I)C(C)CNCC2. The lowest BCUT2D eigenvalue weighted by Gasteiger charge is -2.14. The molecule has 0 radical (unpaired) electrons. The highest BCUT2D eigenvalue weighted by Gasteiger charge is 2.18. The summed E-state index contributed by atoms with van der Waals surface area (Å²) in [6, 6.07) is 2.21. The lowest BCUT2D eigenvalue weighted by atomic mass is 10.00. The number of halogens is 1. The van der Waals surface area contributed by atoms with Gasteiger partial charge < -0.3 is 10.1 Å². The minimum Gasteiger partial charge on any atom is -0.473 e. The summed E-state index contributed by atoms with van der Waals surface area (Å²) in [5.41, 5.74) is 2.52. The Morgan fingerprint density at radius 3 is 3.29 bits per heavy atom. The van der Waals surface area contributed by atoms with Crippen molar-refractivity contribution >= 4 is 22.6 Å². The van der Waals surface area contributed by atoms with Crippen LogP contribution in [-0.4, -0.2) is 24.7 Å². The molecular weight excluding hydrogens is 327 g/mol. The van der Waals surface area contributed by atoms with E-state index in [9.17, 15) is 0 Å². The Hall–Kier alpha value is -0.620. The first kappa shape index (κ1) is 12.8. The third-order valence-corrected chi connectivity index (χ3v) is 3.69. The Balaban J connectivity index is 2.33. The Bertz CT molecular complexity index is 420. The predicted molar refractivity (Wildman–Crippen MR) is 77.6 cm³/mol. The van der Waals surface area contributed by atoms with Gasteiger partial charge in [-0.25, -0.2) is 4.98 Å². The van der Waals surface area contributed by atoms with E-state index in [4.69, 9.17) is 4.74 Å². The Kier molecular flexibility index (Phi) is 4.39. The van der Waals surface area contributed by atoms with Crippen molar-refractivity contribution in [3.8, 4) is 5.88 Å². The van der Waals surface area contributed by atoms with Crippen molar-refractivity contribution in [2.45, 2.75) is 19.3 Å². The quantitative estimate of drug-likeness (QED) is 0.676. The Morgan fingerprint density at radius 1 is 1.71 bits per heavy atom. The fourth-order valence-corrected chi connectivity index (χ4v) is 2.64. The van der Waals surface area contributed by atoms with Crippen LogP contribution in [0.1, 0.15) is 24.1 Å². The molecule has 4 heteroatoms. The van der Waals surface area contributed by atoms with Gasteiger partial charge in [0, 0.05) is 25.2 Å². The molecule has 2 rings (SSSR count). The maximum absolute atomic E-state index is 5.57. The molecule has 17 heavy (non-hydrogen) atoms. The second kappa shape index (κ2) is 5.82. The molecule has 1 aromatic heterocycles. The monoisotopic (exact) mass is 344 g/mol. The van der Waals surface area contributed by atoms with Gasteiger partial charge in [-0.1, -0.05) is 19.6 Å². The van der Waals surface area contributed by atoms with Crippen LogP contribution in [0.5, 0.6) is 5.88 Å². The second-order valence-electron chi connectivity index (χ2n) is 4.27. The van der Waals surface area contributed by atoms with E-state index in [0.29, 0.717) is 12.5 Å². The number of hydrogen-bond donors (Lipinski definition) is 1. The van der Waals surface area contributed by atoms with Gasteiger partial charge in [-0.2, -0.15) is 0 Å². The van der Waals surface area contributed by atoms with Crippen LogP contribution in [-0.2, 0) is 6.42 Å². The lowest BCUT2D eigenvalue weighted by molar-refractivity contribution is 0.344. The van der Waals surface area contributed by atoms with Crippen molar-refractivity contribution in [1.29, 1.82) is 0 Å². The van der Waals surface area contributed by atoms with Crippen LogP contribution in [0.4, 0.5) is 0 Å². The first-order chi connectivity index (χ1) is 8.22. The van der Waals surface area contributed by atoms with Crippen LogP contribution in [0.15, 0.2) is 18.7 Å². The third-order valence-electron chi connectivity index (χ3n) is 2.91. The van der Waals surface area contributed by atoms with Gasteiger partial charge in [-0.05, 0) is 40.1 Å². The van der Waals surface area contributed by atoms with Crippen LogP contribution in [0.3, 0.4) is 0 Å². The number of rotatable bonds is 3. The molecule has 1 aliphatic rings. The minimum atomic E-state index is 0.510. The molecule has 1 unspecified atom stereocenters. The summed E-state index contributed by atoms with van der Waals surface area (Å²) in [7, 11) is 0. The van der Waals surface area contributed by atoms with E-state index in [2.05, 4.69) is 52.5 Å². The van der Waals surface area contributed by atoms with E-state index in [1.54, 1.807) is 6.08 Å². The number of hydrogen-bond acceptors (Lipinski definition) is 3.